The molecule has 0 nitrogen and oxygen atoms in total. The van der Waals surface area contributed by atoms with Gasteiger partial charge in [-0.1, -0.05) is 51.8 Å². The summed E-state index contributed by atoms with van der Waals surface area (Å²) in [6, 6.07) is 13.1. The van der Waals surface area contributed by atoms with Crippen LogP contribution in [0.5, 0.6) is 0 Å². The first-order valence-corrected chi connectivity index (χ1v) is 9.51. The Morgan fingerprint density at radius 1 is 1.14 bits per heavy atom. The summed E-state index contributed by atoms with van der Waals surface area (Å²) < 4.78 is 2.51. The molecule has 1 unspecified atom stereocenters. The zero-order valence-corrected chi connectivity index (χ0v) is 16.0. The van der Waals surface area contributed by atoms with Crippen LogP contribution >= 0.6 is 43.2 Å². The van der Waals surface area contributed by atoms with Crippen molar-refractivity contribution in [2.24, 2.45) is 0 Å². The Labute approximate surface area is 146 Å². The van der Waals surface area contributed by atoms with Crippen LogP contribution in [0.15, 0.2) is 46.3 Å². The van der Waals surface area contributed by atoms with Gasteiger partial charge in [0.15, 0.2) is 0 Å². The van der Waals surface area contributed by atoms with E-state index in [-0.39, 0.29) is 0 Å². The van der Waals surface area contributed by atoms with Gasteiger partial charge in [0.2, 0.25) is 0 Å². The first kappa shape index (κ1) is 15.3. The first-order valence-electron chi connectivity index (χ1n) is 6.92. The van der Waals surface area contributed by atoms with Crippen molar-refractivity contribution < 1.29 is 0 Å². The molecule has 3 heteroatoms. The second-order valence-electron chi connectivity index (χ2n) is 5.41. The number of fused-ring (bicyclic) bond motifs is 1. The Morgan fingerprint density at radius 2 is 1.95 bits per heavy atom. The standard InChI is InChI=1S/C18H16Br2S/c1-11-6-7-12(2)13(8-11)9-17(20)15-10-21-18-14(15)4-3-5-16(18)19/h3-8,10,17H,9H2,1-2H3. The number of hydrogen-bond acceptors (Lipinski definition) is 1. The molecule has 0 amide bonds. The lowest BCUT2D eigenvalue weighted by molar-refractivity contribution is 0.948. The van der Waals surface area contributed by atoms with E-state index in [0.717, 1.165) is 6.42 Å². The smallest absolute Gasteiger partial charge is 0.0488 e. The fourth-order valence-corrected chi connectivity index (χ4v) is 5.19. The van der Waals surface area contributed by atoms with Crippen molar-refractivity contribution in [3.8, 4) is 0 Å². The minimum Gasteiger partial charge on any atom is -0.142 e. The topological polar surface area (TPSA) is 0 Å². The fourth-order valence-electron chi connectivity index (χ4n) is 2.61. The van der Waals surface area contributed by atoms with Gasteiger partial charge < -0.3 is 0 Å². The van der Waals surface area contributed by atoms with Crippen molar-refractivity contribution in [1.82, 2.24) is 0 Å². The Hall–Kier alpha value is -0.640. The van der Waals surface area contributed by atoms with Gasteiger partial charge in [-0.3, -0.25) is 0 Å². The third kappa shape index (κ3) is 3.10. The van der Waals surface area contributed by atoms with Gasteiger partial charge in [-0.15, -0.1) is 11.3 Å². The molecule has 1 atom stereocenters. The molecule has 1 heterocycles. The van der Waals surface area contributed by atoms with Crippen LogP contribution in [0.1, 0.15) is 27.1 Å². The molecule has 0 fully saturated rings. The highest BCUT2D eigenvalue weighted by atomic mass is 79.9. The zero-order valence-electron chi connectivity index (χ0n) is 12.0. The molecule has 0 bridgehead atoms. The molecule has 0 saturated carbocycles. The predicted octanol–water partition coefficient (Wildman–Crippen LogP) is 6.96. The SMILES string of the molecule is Cc1ccc(C)c(CC(Br)c2csc3c(Br)cccc23)c1. The number of aryl methyl sites for hydroxylation is 2. The normalized spacial score (nSPS) is 12.8. The van der Waals surface area contributed by atoms with E-state index in [1.54, 1.807) is 0 Å². The summed E-state index contributed by atoms with van der Waals surface area (Å²) in [7, 11) is 0. The minimum absolute atomic E-state index is 0.348. The van der Waals surface area contributed by atoms with Crippen LogP contribution in [0, 0.1) is 13.8 Å². The van der Waals surface area contributed by atoms with Crippen LogP contribution in [-0.2, 0) is 6.42 Å². The molecule has 21 heavy (non-hydrogen) atoms. The van der Waals surface area contributed by atoms with Gasteiger partial charge in [-0.25, -0.2) is 0 Å². The molecule has 0 saturated heterocycles. The van der Waals surface area contributed by atoms with Crippen molar-refractivity contribution in [3.05, 3.63) is 68.5 Å². The summed E-state index contributed by atoms with van der Waals surface area (Å²) in [4.78, 5) is 0.348. The van der Waals surface area contributed by atoms with Crippen LogP contribution in [0.4, 0.5) is 0 Å². The van der Waals surface area contributed by atoms with Crippen LogP contribution in [-0.4, -0.2) is 0 Å². The Morgan fingerprint density at radius 3 is 2.76 bits per heavy atom. The van der Waals surface area contributed by atoms with E-state index in [0.29, 0.717) is 4.83 Å². The van der Waals surface area contributed by atoms with Crippen LogP contribution in [0.3, 0.4) is 0 Å². The molecule has 0 radical (unpaired) electrons. The lowest BCUT2D eigenvalue weighted by Crippen LogP contribution is -1.97. The Balaban J connectivity index is 1.96. The van der Waals surface area contributed by atoms with Gasteiger partial charge >= 0.3 is 0 Å². The zero-order chi connectivity index (χ0) is 15.0. The average Bonchev–Trinajstić information content (AvgIpc) is 2.88. The first-order chi connectivity index (χ1) is 10.1. The molecule has 0 aliphatic carbocycles. The lowest BCUT2D eigenvalue weighted by Gasteiger charge is -2.12. The molecule has 3 aromatic rings. The third-order valence-electron chi connectivity index (χ3n) is 3.82. The van der Waals surface area contributed by atoms with Crippen LogP contribution < -0.4 is 0 Å². The molecule has 0 aliphatic rings. The maximum Gasteiger partial charge on any atom is 0.0488 e. The number of thiophene rings is 1. The quantitative estimate of drug-likeness (QED) is 0.399. The summed E-state index contributed by atoms with van der Waals surface area (Å²) in [5, 5.41) is 3.63. The maximum atomic E-state index is 3.90. The van der Waals surface area contributed by atoms with Crippen LogP contribution in [0.25, 0.3) is 10.1 Å². The van der Waals surface area contributed by atoms with E-state index in [2.05, 4.69) is 87.5 Å². The van der Waals surface area contributed by atoms with Gasteiger partial charge in [-0.2, -0.15) is 0 Å². The predicted molar refractivity (Wildman–Crippen MR) is 101 cm³/mol. The highest BCUT2D eigenvalue weighted by molar-refractivity contribution is 9.10. The van der Waals surface area contributed by atoms with Gasteiger partial charge in [-0.05, 0) is 69.7 Å². The molecule has 0 aliphatic heterocycles. The van der Waals surface area contributed by atoms with Crippen molar-refractivity contribution in [2.45, 2.75) is 25.1 Å². The van der Waals surface area contributed by atoms with E-state index in [1.165, 1.54) is 36.8 Å². The second-order valence-corrected chi connectivity index (χ2v) is 8.25. The molecule has 1 aromatic heterocycles. The second kappa shape index (κ2) is 6.23. The molecule has 2 aromatic carbocycles. The molecule has 0 N–H and O–H groups in total. The Kier molecular flexibility index (Phi) is 4.53. The number of halogens is 2. The van der Waals surface area contributed by atoms with E-state index in [4.69, 9.17) is 0 Å². The van der Waals surface area contributed by atoms with Crippen molar-refractivity contribution in [1.29, 1.82) is 0 Å². The summed E-state index contributed by atoms with van der Waals surface area (Å²) >= 11 is 9.35. The van der Waals surface area contributed by atoms with Gasteiger partial charge in [0.05, 0.1) is 0 Å². The molecule has 108 valence electrons. The monoisotopic (exact) mass is 422 g/mol. The van der Waals surface area contributed by atoms with E-state index in [9.17, 15) is 0 Å². The van der Waals surface area contributed by atoms with E-state index >= 15 is 0 Å². The summed E-state index contributed by atoms with van der Waals surface area (Å²) in [5.41, 5.74) is 5.50. The summed E-state index contributed by atoms with van der Waals surface area (Å²) in [6.07, 6.45) is 1.02. The minimum atomic E-state index is 0.348. The number of alkyl halides is 1. The van der Waals surface area contributed by atoms with E-state index in [1.807, 2.05) is 11.3 Å². The van der Waals surface area contributed by atoms with Gasteiger partial charge in [0, 0.05) is 14.0 Å². The lowest BCUT2D eigenvalue weighted by atomic mass is 9.98. The van der Waals surface area contributed by atoms with Crippen LogP contribution in [0.2, 0.25) is 0 Å². The van der Waals surface area contributed by atoms with Gasteiger partial charge in [0.25, 0.3) is 0 Å². The van der Waals surface area contributed by atoms with Crippen molar-refractivity contribution in [3.63, 3.8) is 0 Å². The number of benzene rings is 2. The largest absolute Gasteiger partial charge is 0.142 e. The highest BCUT2D eigenvalue weighted by Crippen LogP contribution is 2.39. The molecular weight excluding hydrogens is 408 g/mol. The van der Waals surface area contributed by atoms with E-state index < -0.39 is 0 Å². The van der Waals surface area contributed by atoms with Crippen molar-refractivity contribution >= 4 is 53.3 Å². The maximum absolute atomic E-state index is 3.90. The molecule has 0 spiro atoms. The number of hydrogen-bond donors (Lipinski definition) is 0. The summed E-state index contributed by atoms with van der Waals surface area (Å²) in [5.74, 6) is 0. The van der Waals surface area contributed by atoms with Gasteiger partial charge in [0.1, 0.15) is 0 Å². The Bertz CT molecular complexity index is 789. The fraction of sp³-hybridized carbons (Fsp3) is 0.222. The van der Waals surface area contributed by atoms with Crippen molar-refractivity contribution in [2.75, 3.05) is 0 Å². The summed E-state index contributed by atoms with van der Waals surface area (Å²) in [6.45, 7) is 4.35. The third-order valence-corrected chi connectivity index (χ3v) is 6.61. The molecule has 3 rings (SSSR count). The highest BCUT2D eigenvalue weighted by Gasteiger charge is 2.15. The number of rotatable bonds is 3. The molecular formula is C18H16Br2S. The average molecular weight is 424 g/mol.